The van der Waals surface area contributed by atoms with Crippen molar-refractivity contribution in [1.82, 2.24) is 10.2 Å². The van der Waals surface area contributed by atoms with Gasteiger partial charge >= 0.3 is 0 Å². The topological polar surface area (TPSA) is 63.1 Å². The molecule has 1 fully saturated rings. The lowest BCUT2D eigenvalue weighted by Gasteiger charge is -2.27. The second-order valence-electron chi connectivity index (χ2n) is 7.16. The van der Waals surface area contributed by atoms with E-state index in [1.54, 1.807) is 0 Å². The van der Waals surface area contributed by atoms with Crippen LogP contribution in [0.15, 0.2) is 42.5 Å². The van der Waals surface area contributed by atoms with Crippen molar-refractivity contribution in [3.05, 3.63) is 48.0 Å². The second-order valence-corrected chi connectivity index (χ2v) is 7.16. The molecule has 2 atom stereocenters. The van der Waals surface area contributed by atoms with Gasteiger partial charge in [0.2, 0.25) is 0 Å². The average Bonchev–Trinajstić information content (AvgIpc) is 2.67. The average molecular weight is 370 g/mol. The minimum Gasteiger partial charge on any atom is -0.378 e. The van der Waals surface area contributed by atoms with E-state index in [2.05, 4.69) is 23.5 Å². The number of hydrogen-bond acceptors (Lipinski definition) is 3. The van der Waals surface area contributed by atoms with Gasteiger partial charge in [-0.25, -0.2) is 0 Å². The molecule has 1 aliphatic heterocycles. The molecule has 6 nitrogen and oxygen atoms in total. The first-order valence-electron chi connectivity index (χ1n) is 9.48. The molecule has 6 heteroatoms. The standard InChI is InChI=1S/C21H27N3O3/c1-16(18-9-5-7-17-6-3-4-8-19(17)18)22-20(25)14-23(2)15-21(26)24-10-12-27-13-11-24/h3-9,16H,10-15H2,1-2H3,(H,22,25)/p+1/t16-/m1/s1. The number of ether oxygens (including phenoxy) is 1. The van der Waals surface area contributed by atoms with Crippen molar-refractivity contribution < 1.29 is 19.2 Å². The van der Waals surface area contributed by atoms with E-state index < -0.39 is 0 Å². The highest BCUT2D eigenvalue weighted by Crippen LogP contribution is 2.23. The Kier molecular flexibility index (Phi) is 6.42. The summed E-state index contributed by atoms with van der Waals surface area (Å²) >= 11 is 0. The molecule has 1 unspecified atom stereocenters. The Morgan fingerprint density at radius 3 is 2.59 bits per heavy atom. The molecule has 3 rings (SSSR count). The number of fused-ring (bicyclic) bond motifs is 1. The minimum absolute atomic E-state index is 0.0530. The summed E-state index contributed by atoms with van der Waals surface area (Å²) in [6, 6.07) is 14.2. The Labute approximate surface area is 160 Å². The first kappa shape index (κ1) is 19.3. The number of rotatable bonds is 6. The van der Waals surface area contributed by atoms with E-state index >= 15 is 0 Å². The fraction of sp³-hybridized carbons (Fsp3) is 0.429. The van der Waals surface area contributed by atoms with Crippen LogP contribution in [0.5, 0.6) is 0 Å². The van der Waals surface area contributed by atoms with Crippen molar-refractivity contribution in [1.29, 1.82) is 0 Å². The third-order valence-electron chi connectivity index (χ3n) is 4.95. The van der Waals surface area contributed by atoms with Crippen LogP contribution in [0.2, 0.25) is 0 Å². The zero-order valence-corrected chi connectivity index (χ0v) is 16.0. The monoisotopic (exact) mass is 370 g/mol. The van der Waals surface area contributed by atoms with Crippen LogP contribution in [0.1, 0.15) is 18.5 Å². The molecule has 1 heterocycles. The molecule has 2 aromatic rings. The van der Waals surface area contributed by atoms with Gasteiger partial charge < -0.3 is 19.9 Å². The highest BCUT2D eigenvalue weighted by atomic mass is 16.5. The van der Waals surface area contributed by atoms with Crippen molar-refractivity contribution in [3.63, 3.8) is 0 Å². The molecule has 0 aromatic heterocycles. The molecule has 1 aliphatic rings. The van der Waals surface area contributed by atoms with Gasteiger partial charge in [-0.3, -0.25) is 9.59 Å². The summed E-state index contributed by atoms with van der Waals surface area (Å²) in [4.78, 5) is 27.4. The Balaban J connectivity index is 1.54. The summed E-state index contributed by atoms with van der Waals surface area (Å²) in [7, 11) is 1.88. The third-order valence-corrected chi connectivity index (χ3v) is 4.95. The number of carbonyl (C=O) groups is 2. The second kappa shape index (κ2) is 8.97. The van der Waals surface area contributed by atoms with Gasteiger partial charge in [0.15, 0.2) is 13.1 Å². The van der Waals surface area contributed by atoms with E-state index in [9.17, 15) is 9.59 Å². The Morgan fingerprint density at radius 1 is 1.11 bits per heavy atom. The molecular formula is C21H28N3O3+. The zero-order chi connectivity index (χ0) is 19.2. The van der Waals surface area contributed by atoms with Gasteiger partial charge in [-0.2, -0.15) is 0 Å². The summed E-state index contributed by atoms with van der Waals surface area (Å²) in [5.41, 5.74) is 1.10. The lowest BCUT2D eigenvalue weighted by Crippen LogP contribution is -3.11. The normalized spacial score (nSPS) is 16.7. The van der Waals surface area contributed by atoms with Gasteiger partial charge in [0.1, 0.15) is 0 Å². The van der Waals surface area contributed by atoms with Crippen LogP contribution in [0, 0.1) is 0 Å². The van der Waals surface area contributed by atoms with Gasteiger partial charge in [0.25, 0.3) is 11.8 Å². The summed E-state index contributed by atoms with van der Waals surface area (Å²) in [5, 5.41) is 5.38. The zero-order valence-electron chi connectivity index (χ0n) is 16.0. The molecule has 0 bridgehead atoms. The number of amides is 2. The first-order chi connectivity index (χ1) is 13.0. The summed E-state index contributed by atoms with van der Waals surface area (Å²) in [5.74, 6) is 0.0217. The predicted molar refractivity (Wildman–Crippen MR) is 105 cm³/mol. The van der Waals surface area contributed by atoms with Crippen LogP contribution in [-0.2, 0) is 14.3 Å². The molecule has 0 radical (unpaired) electrons. The first-order valence-corrected chi connectivity index (χ1v) is 9.48. The molecule has 2 amide bonds. The summed E-state index contributed by atoms with van der Waals surface area (Å²) in [6.07, 6.45) is 0. The van der Waals surface area contributed by atoms with Gasteiger partial charge in [-0.1, -0.05) is 42.5 Å². The van der Waals surface area contributed by atoms with Crippen molar-refractivity contribution in [2.75, 3.05) is 46.4 Å². The van der Waals surface area contributed by atoms with E-state index in [0.717, 1.165) is 21.2 Å². The number of hydrogen-bond donors (Lipinski definition) is 2. The number of carbonyl (C=O) groups excluding carboxylic acids is 2. The number of likely N-dealkylation sites (N-methyl/N-ethyl adjacent to an activating group) is 1. The lowest BCUT2D eigenvalue weighted by atomic mass is 10.00. The van der Waals surface area contributed by atoms with Gasteiger partial charge in [-0.15, -0.1) is 0 Å². The largest absolute Gasteiger partial charge is 0.378 e. The molecule has 0 spiro atoms. The highest BCUT2D eigenvalue weighted by Gasteiger charge is 2.22. The molecule has 2 N–H and O–H groups in total. The van der Waals surface area contributed by atoms with Crippen LogP contribution in [-0.4, -0.2) is 63.2 Å². The molecule has 27 heavy (non-hydrogen) atoms. The van der Waals surface area contributed by atoms with E-state index in [4.69, 9.17) is 4.74 Å². The van der Waals surface area contributed by atoms with E-state index in [1.807, 2.05) is 43.1 Å². The van der Waals surface area contributed by atoms with Crippen LogP contribution in [0.3, 0.4) is 0 Å². The molecule has 1 saturated heterocycles. The van der Waals surface area contributed by atoms with Gasteiger partial charge in [-0.05, 0) is 23.3 Å². The Bertz CT molecular complexity index is 797. The van der Waals surface area contributed by atoms with E-state index in [1.165, 1.54) is 0 Å². The smallest absolute Gasteiger partial charge is 0.277 e. The SMILES string of the molecule is C[C@@H](NC(=O)C[NH+](C)CC(=O)N1CCOCC1)c1cccc2ccccc12. The van der Waals surface area contributed by atoms with Crippen molar-refractivity contribution in [3.8, 4) is 0 Å². The maximum Gasteiger partial charge on any atom is 0.277 e. The molecule has 2 aromatic carbocycles. The fourth-order valence-corrected chi connectivity index (χ4v) is 3.52. The lowest BCUT2D eigenvalue weighted by molar-refractivity contribution is -0.863. The predicted octanol–water partition coefficient (Wildman–Crippen LogP) is 0.391. The maximum absolute atomic E-state index is 12.5. The number of nitrogens with zero attached hydrogens (tertiary/aromatic N) is 1. The molecule has 0 aliphatic carbocycles. The van der Waals surface area contributed by atoms with Gasteiger partial charge in [0, 0.05) is 13.1 Å². The molecule has 144 valence electrons. The van der Waals surface area contributed by atoms with Crippen molar-refractivity contribution >= 4 is 22.6 Å². The van der Waals surface area contributed by atoms with Crippen LogP contribution in [0.25, 0.3) is 10.8 Å². The molecule has 0 saturated carbocycles. The van der Waals surface area contributed by atoms with Crippen molar-refractivity contribution in [2.24, 2.45) is 0 Å². The molecular weight excluding hydrogens is 342 g/mol. The number of quaternary nitrogens is 1. The fourth-order valence-electron chi connectivity index (χ4n) is 3.52. The van der Waals surface area contributed by atoms with Crippen molar-refractivity contribution in [2.45, 2.75) is 13.0 Å². The van der Waals surface area contributed by atoms with Gasteiger partial charge in [0.05, 0.1) is 26.3 Å². The van der Waals surface area contributed by atoms with Crippen LogP contribution in [0.4, 0.5) is 0 Å². The maximum atomic E-state index is 12.5. The summed E-state index contributed by atoms with van der Waals surface area (Å²) < 4.78 is 5.27. The Hall–Kier alpha value is -2.44. The third kappa shape index (κ3) is 5.05. The highest BCUT2D eigenvalue weighted by molar-refractivity contribution is 5.87. The summed E-state index contributed by atoms with van der Waals surface area (Å²) in [6.45, 7) is 5.03. The van der Waals surface area contributed by atoms with E-state index in [0.29, 0.717) is 32.8 Å². The quantitative estimate of drug-likeness (QED) is 0.773. The number of morpholine rings is 1. The van der Waals surface area contributed by atoms with Crippen LogP contribution >= 0.6 is 0 Å². The van der Waals surface area contributed by atoms with Crippen LogP contribution < -0.4 is 10.2 Å². The number of benzene rings is 2. The number of nitrogens with one attached hydrogen (secondary N) is 2. The Morgan fingerprint density at radius 2 is 1.81 bits per heavy atom. The van der Waals surface area contributed by atoms with E-state index in [-0.39, 0.29) is 24.4 Å². The minimum atomic E-state index is -0.0913.